The normalized spacial score (nSPS) is 17.1. The van der Waals surface area contributed by atoms with Crippen molar-refractivity contribution in [2.45, 2.75) is 31.8 Å². The largest absolute Gasteiger partial charge is 0.489 e. The quantitative estimate of drug-likeness (QED) is 0.675. The third kappa shape index (κ3) is 4.00. The Kier molecular flexibility index (Phi) is 5.43. The number of rotatable bonds is 4. The van der Waals surface area contributed by atoms with Crippen LogP contribution >= 0.6 is 0 Å². The number of carbonyl (C=O) groups is 2. The Labute approximate surface area is 186 Å². The van der Waals surface area contributed by atoms with E-state index in [0.717, 1.165) is 48.2 Å². The van der Waals surface area contributed by atoms with E-state index < -0.39 is 6.09 Å². The minimum atomic E-state index is -0.874. The second kappa shape index (κ2) is 8.53. The lowest BCUT2D eigenvalue weighted by Crippen LogP contribution is -2.41. The molecule has 32 heavy (non-hydrogen) atoms. The third-order valence-electron chi connectivity index (χ3n) is 6.31. The molecule has 0 unspecified atom stereocenters. The van der Waals surface area contributed by atoms with Crippen LogP contribution in [0.3, 0.4) is 0 Å². The minimum Gasteiger partial charge on any atom is -0.489 e. The monoisotopic (exact) mass is 434 g/mol. The van der Waals surface area contributed by atoms with Crippen LogP contribution in [0.4, 0.5) is 4.79 Å². The summed E-state index contributed by atoms with van der Waals surface area (Å²) in [6, 6.07) is 11.6. The highest BCUT2D eigenvalue weighted by atomic mass is 16.5. The van der Waals surface area contributed by atoms with E-state index in [1.54, 1.807) is 6.20 Å². The maximum Gasteiger partial charge on any atom is 0.407 e. The van der Waals surface area contributed by atoms with Crippen molar-refractivity contribution < 1.29 is 19.4 Å². The molecule has 5 rings (SSSR count). The molecule has 0 spiro atoms. The zero-order valence-corrected chi connectivity index (χ0v) is 17.8. The molecule has 8 nitrogen and oxygen atoms in total. The fraction of sp³-hybridized carbons (Fsp3) is 0.375. The number of carboxylic acid groups (broad SMARTS) is 1. The predicted octanol–water partition coefficient (Wildman–Crippen LogP) is 3.78. The van der Waals surface area contributed by atoms with Crippen LogP contribution in [0.2, 0.25) is 0 Å². The van der Waals surface area contributed by atoms with Gasteiger partial charge in [-0.1, -0.05) is 0 Å². The Morgan fingerprint density at radius 2 is 1.75 bits per heavy atom. The smallest absolute Gasteiger partial charge is 0.407 e. The first-order valence-corrected chi connectivity index (χ1v) is 11.1. The molecule has 2 saturated heterocycles. The molecule has 2 aliphatic heterocycles. The van der Waals surface area contributed by atoms with Gasteiger partial charge in [0.2, 0.25) is 0 Å². The van der Waals surface area contributed by atoms with Crippen molar-refractivity contribution >= 4 is 22.9 Å². The van der Waals surface area contributed by atoms with E-state index in [9.17, 15) is 9.59 Å². The molecule has 2 aliphatic rings. The second-order valence-corrected chi connectivity index (χ2v) is 8.40. The lowest BCUT2D eigenvalue weighted by atomic mass is 10.1. The highest BCUT2D eigenvalue weighted by molar-refractivity contribution is 5.98. The van der Waals surface area contributed by atoms with Gasteiger partial charge in [0.1, 0.15) is 17.7 Å². The van der Waals surface area contributed by atoms with Crippen molar-refractivity contribution in [2.75, 3.05) is 26.2 Å². The summed E-state index contributed by atoms with van der Waals surface area (Å²) in [5.74, 6) is 1.55. The van der Waals surface area contributed by atoms with Gasteiger partial charge in [-0.05, 0) is 49.2 Å². The molecule has 2 fully saturated rings. The van der Waals surface area contributed by atoms with Crippen molar-refractivity contribution in [1.29, 1.82) is 0 Å². The first-order valence-electron chi connectivity index (χ1n) is 11.1. The van der Waals surface area contributed by atoms with Crippen molar-refractivity contribution in [3.05, 3.63) is 54.4 Å². The second-order valence-electron chi connectivity index (χ2n) is 8.40. The fourth-order valence-corrected chi connectivity index (χ4v) is 4.52. The number of pyridine rings is 1. The van der Waals surface area contributed by atoms with Crippen molar-refractivity contribution in [1.82, 2.24) is 19.4 Å². The number of hydrogen-bond donors (Lipinski definition) is 1. The molecule has 3 aromatic rings. The molecule has 2 amide bonds. The fourth-order valence-electron chi connectivity index (χ4n) is 4.52. The van der Waals surface area contributed by atoms with Gasteiger partial charge in [-0.15, -0.1) is 0 Å². The van der Waals surface area contributed by atoms with Gasteiger partial charge >= 0.3 is 6.09 Å². The number of ether oxygens (including phenoxy) is 1. The Hall–Kier alpha value is -3.55. The van der Waals surface area contributed by atoms with Crippen LogP contribution in [0.1, 0.15) is 36.0 Å². The molecule has 8 heteroatoms. The zero-order chi connectivity index (χ0) is 22.1. The predicted molar refractivity (Wildman–Crippen MR) is 119 cm³/mol. The maximum absolute atomic E-state index is 12.7. The lowest BCUT2D eigenvalue weighted by Gasteiger charge is -2.30. The molecule has 0 radical (unpaired) electrons. The van der Waals surface area contributed by atoms with Gasteiger partial charge < -0.3 is 24.2 Å². The molecule has 0 saturated carbocycles. The van der Waals surface area contributed by atoms with Crippen LogP contribution in [0, 0.1) is 0 Å². The van der Waals surface area contributed by atoms with Crippen LogP contribution in [-0.2, 0) is 0 Å². The van der Waals surface area contributed by atoms with Crippen LogP contribution in [-0.4, -0.2) is 68.7 Å². The summed E-state index contributed by atoms with van der Waals surface area (Å²) in [6.45, 7) is 2.66. The topological polar surface area (TPSA) is 87.9 Å². The molecule has 166 valence electrons. The molecule has 0 atom stereocenters. The van der Waals surface area contributed by atoms with Crippen molar-refractivity contribution in [3.63, 3.8) is 0 Å². The number of carbonyl (C=O) groups excluding carboxylic acids is 1. The van der Waals surface area contributed by atoms with Crippen LogP contribution in [0.25, 0.3) is 16.7 Å². The first kappa shape index (κ1) is 20.4. The summed E-state index contributed by atoms with van der Waals surface area (Å²) >= 11 is 0. The van der Waals surface area contributed by atoms with Gasteiger partial charge in [-0.2, -0.15) is 0 Å². The zero-order valence-electron chi connectivity index (χ0n) is 17.8. The van der Waals surface area contributed by atoms with Crippen molar-refractivity contribution in [3.8, 4) is 11.6 Å². The van der Waals surface area contributed by atoms with E-state index >= 15 is 0 Å². The number of amides is 2. The van der Waals surface area contributed by atoms with Crippen molar-refractivity contribution in [2.24, 2.45) is 0 Å². The van der Waals surface area contributed by atoms with Crippen LogP contribution in [0.15, 0.2) is 48.8 Å². The molecule has 0 bridgehead atoms. The highest BCUT2D eigenvalue weighted by Crippen LogP contribution is 2.24. The van der Waals surface area contributed by atoms with E-state index in [2.05, 4.69) is 4.98 Å². The number of piperidine rings is 1. The summed E-state index contributed by atoms with van der Waals surface area (Å²) in [7, 11) is 0. The number of fused-ring (bicyclic) bond motifs is 1. The molecule has 1 N–H and O–H groups in total. The van der Waals surface area contributed by atoms with E-state index in [0.29, 0.717) is 31.7 Å². The molecule has 0 aliphatic carbocycles. The number of nitrogens with zero attached hydrogens (tertiary/aromatic N) is 4. The van der Waals surface area contributed by atoms with E-state index in [1.807, 2.05) is 52.1 Å². The SMILES string of the molecule is O=C(O)N1CCC(Oc2ccc(-n3ccc4cc(C(=O)N5CCCC5)ccc43)nc2)CC1. The molecule has 2 aromatic heterocycles. The molecule has 1 aromatic carbocycles. The Bertz CT molecular complexity index is 1130. The number of aromatic nitrogens is 2. The summed E-state index contributed by atoms with van der Waals surface area (Å²) in [5.41, 5.74) is 1.72. The standard InChI is InChI=1S/C24H26N4O4/c29-23(26-10-1-2-11-26)18-3-5-21-17(15-18)7-14-28(21)22-6-4-20(16-25-22)32-19-8-12-27(13-9-19)24(30)31/h3-7,14-16,19H,1-2,8-13H2,(H,30,31). The lowest BCUT2D eigenvalue weighted by molar-refractivity contribution is 0.0792. The molecular formula is C24H26N4O4. The number of benzene rings is 1. The Morgan fingerprint density at radius 1 is 0.969 bits per heavy atom. The first-order chi connectivity index (χ1) is 15.6. The molecular weight excluding hydrogens is 408 g/mol. The van der Waals surface area contributed by atoms with Crippen LogP contribution in [0.5, 0.6) is 5.75 Å². The van der Waals surface area contributed by atoms with Gasteiger partial charge in [0, 0.05) is 56.2 Å². The molecule has 4 heterocycles. The average molecular weight is 434 g/mol. The highest BCUT2D eigenvalue weighted by Gasteiger charge is 2.23. The van der Waals surface area contributed by atoms with Gasteiger partial charge in [0.15, 0.2) is 0 Å². The van der Waals surface area contributed by atoms with Gasteiger partial charge in [-0.3, -0.25) is 4.79 Å². The Morgan fingerprint density at radius 3 is 2.44 bits per heavy atom. The third-order valence-corrected chi connectivity index (χ3v) is 6.31. The summed E-state index contributed by atoms with van der Waals surface area (Å²) < 4.78 is 8.00. The number of hydrogen-bond acceptors (Lipinski definition) is 4. The average Bonchev–Trinajstić information content (AvgIpc) is 3.49. The summed E-state index contributed by atoms with van der Waals surface area (Å²) in [5, 5.41) is 10.1. The summed E-state index contributed by atoms with van der Waals surface area (Å²) in [4.78, 5) is 31.6. The maximum atomic E-state index is 12.7. The Balaban J connectivity index is 1.28. The van der Waals surface area contributed by atoms with Gasteiger partial charge in [0.25, 0.3) is 5.91 Å². The van der Waals surface area contributed by atoms with E-state index in [1.165, 1.54) is 4.90 Å². The van der Waals surface area contributed by atoms with Gasteiger partial charge in [-0.25, -0.2) is 9.78 Å². The van der Waals surface area contributed by atoms with E-state index in [4.69, 9.17) is 9.84 Å². The minimum absolute atomic E-state index is 0.00257. The van der Waals surface area contributed by atoms with Gasteiger partial charge in [0.05, 0.1) is 11.7 Å². The summed E-state index contributed by atoms with van der Waals surface area (Å²) in [6.07, 6.45) is 6.30. The number of likely N-dealkylation sites (tertiary alicyclic amines) is 2. The van der Waals surface area contributed by atoms with E-state index in [-0.39, 0.29) is 12.0 Å². The van der Waals surface area contributed by atoms with Crippen LogP contribution < -0.4 is 4.74 Å².